The molecule has 5 nitrogen and oxygen atoms in total. The molecule has 1 amide bonds. The zero-order valence-electron chi connectivity index (χ0n) is 14.2. The first kappa shape index (κ1) is 16.8. The number of anilines is 1. The number of nitrogens with zero attached hydrogens (tertiary/aromatic N) is 1. The van der Waals surface area contributed by atoms with E-state index in [1.807, 2.05) is 43.3 Å². The van der Waals surface area contributed by atoms with E-state index in [1.54, 1.807) is 24.1 Å². The van der Waals surface area contributed by atoms with Gasteiger partial charge in [0.15, 0.2) is 0 Å². The average molecular weight is 335 g/mol. The molecule has 0 bridgehead atoms. The van der Waals surface area contributed by atoms with Gasteiger partial charge in [-0.15, -0.1) is 0 Å². The number of carbonyl (C=O) groups is 2. The molecule has 0 aliphatic rings. The van der Waals surface area contributed by atoms with Crippen molar-refractivity contribution in [3.8, 4) is 0 Å². The summed E-state index contributed by atoms with van der Waals surface area (Å²) in [6.07, 6.45) is 0.799. The zero-order valence-corrected chi connectivity index (χ0v) is 14.2. The van der Waals surface area contributed by atoms with Crippen molar-refractivity contribution in [1.82, 2.24) is 4.98 Å². The Bertz CT molecular complexity index is 943. The van der Waals surface area contributed by atoms with Crippen LogP contribution in [0.2, 0.25) is 0 Å². The van der Waals surface area contributed by atoms with E-state index in [0.717, 1.165) is 23.1 Å². The number of hydrogen-bond donors (Lipinski definition) is 1. The molecule has 1 heterocycles. The van der Waals surface area contributed by atoms with Crippen LogP contribution in [0.15, 0.2) is 48.5 Å². The molecule has 0 atom stereocenters. The normalized spacial score (nSPS) is 10.8. The third-order valence-electron chi connectivity index (χ3n) is 4.45. The van der Waals surface area contributed by atoms with Crippen LogP contribution in [0.3, 0.4) is 0 Å². The number of hydrogen-bond acceptors (Lipinski definition) is 3. The minimum atomic E-state index is -1.31. The molecule has 2 aromatic carbocycles. The van der Waals surface area contributed by atoms with E-state index in [4.69, 9.17) is 0 Å². The van der Waals surface area contributed by atoms with Crippen LogP contribution in [0.1, 0.15) is 28.5 Å². The van der Waals surface area contributed by atoms with E-state index in [-0.39, 0.29) is 18.0 Å². The van der Waals surface area contributed by atoms with Crippen molar-refractivity contribution in [3.63, 3.8) is 0 Å². The second kappa shape index (κ2) is 6.81. The lowest BCUT2D eigenvalue weighted by Gasteiger charge is -2.20. The van der Waals surface area contributed by atoms with Crippen molar-refractivity contribution in [1.29, 1.82) is 0 Å². The van der Waals surface area contributed by atoms with Crippen LogP contribution in [0.25, 0.3) is 10.9 Å². The second-order valence-corrected chi connectivity index (χ2v) is 5.92. The Morgan fingerprint density at radius 1 is 1.08 bits per heavy atom. The van der Waals surface area contributed by atoms with Crippen LogP contribution >= 0.6 is 0 Å². The Hall–Kier alpha value is -3.08. The lowest BCUT2D eigenvalue weighted by molar-refractivity contribution is -0.255. The van der Waals surface area contributed by atoms with E-state index in [1.165, 1.54) is 0 Å². The number of para-hydroxylation sites is 2. The van der Waals surface area contributed by atoms with Gasteiger partial charge in [0, 0.05) is 23.6 Å². The van der Waals surface area contributed by atoms with Gasteiger partial charge in [-0.25, -0.2) is 0 Å². The fourth-order valence-corrected chi connectivity index (χ4v) is 3.10. The number of aromatic amines is 1. The number of aryl methyl sites for hydroxylation is 1. The molecule has 0 saturated carbocycles. The topological polar surface area (TPSA) is 76.2 Å². The molecule has 0 radical (unpaired) electrons. The maximum absolute atomic E-state index is 12.8. The Kier molecular flexibility index (Phi) is 4.57. The quantitative estimate of drug-likeness (QED) is 0.777. The van der Waals surface area contributed by atoms with Crippen molar-refractivity contribution in [2.24, 2.45) is 0 Å². The van der Waals surface area contributed by atoms with Gasteiger partial charge in [0.1, 0.15) is 0 Å². The number of nitrogens with one attached hydrogen (secondary N) is 1. The highest BCUT2D eigenvalue weighted by Crippen LogP contribution is 2.25. The second-order valence-electron chi connectivity index (χ2n) is 5.92. The summed E-state index contributed by atoms with van der Waals surface area (Å²) in [5.41, 5.74) is 3.01. The summed E-state index contributed by atoms with van der Waals surface area (Å²) in [7, 11) is 1.71. The summed E-state index contributed by atoms with van der Waals surface area (Å²) in [5.74, 6) is -1.48. The Balaban J connectivity index is 1.97. The molecule has 0 aliphatic heterocycles. The number of aromatic carboxylic acids is 1. The molecule has 0 fully saturated rings. The Labute approximate surface area is 145 Å². The predicted octanol–water partition coefficient (Wildman–Crippen LogP) is 2.30. The molecule has 0 unspecified atom stereocenters. The first-order valence-electron chi connectivity index (χ1n) is 8.18. The number of aromatic nitrogens is 1. The van der Waals surface area contributed by atoms with Crippen molar-refractivity contribution in [2.45, 2.75) is 19.8 Å². The first-order valence-corrected chi connectivity index (χ1v) is 8.18. The van der Waals surface area contributed by atoms with Crippen molar-refractivity contribution >= 4 is 28.5 Å². The molecule has 3 aromatic rings. The lowest BCUT2D eigenvalue weighted by atomic mass is 10.1. The minimum absolute atomic E-state index is 0.0120. The Morgan fingerprint density at radius 3 is 2.48 bits per heavy atom. The Morgan fingerprint density at radius 2 is 1.76 bits per heavy atom. The van der Waals surface area contributed by atoms with E-state index >= 15 is 0 Å². The van der Waals surface area contributed by atoms with Crippen LogP contribution in [0.5, 0.6) is 0 Å². The number of H-pyrrole nitrogens is 1. The summed E-state index contributed by atoms with van der Waals surface area (Å²) >= 11 is 0. The standard InChI is InChI=1S/C20H20N2O3/c1-3-13-8-4-7-11-17(13)22(2)18(23)12-15-14-9-5-6-10-16(14)21-19(15)20(24)25/h4-11,21H,3,12H2,1-2H3,(H,24,25)/p-1. The van der Waals surface area contributed by atoms with Gasteiger partial charge in [-0.2, -0.15) is 0 Å². The third kappa shape index (κ3) is 3.13. The van der Waals surface area contributed by atoms with Crippen molar-refractivity contribution in [2.75, 3.05) is 11.9 Å². The fourth-order valence-electron chi connectivity index (χ4n) is 3.10. The molecule has 1 aromatic heterocycles. The van der Waals surface area contributed by atoms with Gasteiger partial charge in [-0.1, -0.05) is 43.3 Å². The summed E-state index contributed by atoms with van der Waals surface area (Å²) < 4.78 is 0. The number of carboxylic acid groups (broad SMARTS) is 1. The maximum Gasteiger partial charge on any atom is 0.231 e. The van der Waals surface area contributed by atoms with Gasteiger partial charge in [-0.3, -0.25) is 4.79 Å². The van der Waals surface area contributed by atoms with Gasteiger partial charge in [0.05, 0.1) is 18.1 Å². The number of fused-ring (bicyclic) bond motifs is 1. The third-order valence-corrected chi connectivity index (χ3v) is 4.45. The van der Waals surface area contributed by atoms with Crippen molar-refractivity contribution < 1.29 is 14.7 Å². The van der Waals surface area contributed by atoms with Crippen LogP contribution in [0.4, 0.5) is 5.69 Å². The number of rotatable bonds is 5. The highest BCUT2D eigenvalue weighted by Gasteiger charge is 2.19. The fraction of sp³-hybridized carbons (Fsp3) is 0.200. The number of amides is 1. The first-order chi connectivity index (χ1) is 12.0. The van der Waals surface area contributed by atoms with Crippen LogP contribution in [0, 0.1) is 0 Å². The van der Waals surface area contributed by atoms with E-state index in [9.17, 15) is 14.7 Å². The molecule has 3 rings (SSSR count). The SMILES string of the molecule is CCc1ccccc1N(C)C(=O)Cc1c(C(=O)[O-])[nH]c2ccccc12. The smallest absolute Gasteiger partial charge is 0.231 e. The van der Waals surface area contributed by atoms with E-state index in [0.29, 0.717) is 11.1 Å². The van der Waals surface area contributed by atoms with Gasteiger partial charge in [0.25, 0.3) is 0 Å². The molecule has 1 N–H and O–H groups in total. The largest absolute Gasteiger partial charge is 0.543 e. The summed E-state index contributed by atoms with van der Waals surface area (Å²) in [4.78, 5) is 28.7. The van der Waals surface area contributed by atoms with Crippen molar-refractivity contribution in [3.05, 3.63) is 65.4 Å². The molecular weight excluding hydrogens is 316 g/mol. The molecule has 0 aliphatic carbocycles. The van der Waals surface area contributed by atoms with Gasteiger partial charge >= 0.3 is 0 Å². The molecule has 0 saturated heterocycles. The lowest BCUT2D eigenvalue weighted by Crippen LogP contribution is -2.30. The zero-order chi connectivity index (χ0) is 18.0. The van der Waals surface area contributed by atoms with Gasteiger partial charge in [0.2, 0.25) is 5.91 Å². The number of likely N-dealkylation sites (N-methyl/N-ethyl adjacent to an activating group) is 1. The van der Waals surface area contributed by atoms with Gasteiger partial charge in [-0.05, 0) is 29.7 Å². The molecule has 128 valence electrons. The van der Waals surface area contributed by atoms with E-state index in [2.05, 4.69) is 4.98 Å². The number of carbonyl (C=O) groups excluding carboxylic acids is 2. The highest BCUT2D eigenvalue weighted by molar-refractivity contribution is 6.02. The highest BCUT2D eigenvalue weighted by atomic mass is 16.4. The van der Waals surface area contributed by atoms with E-state index < -0.39 is 5.97 Å². The average Bonchev–Trinajstić information content (AvgIpc) is 3.00. The van der Waals surface area contributed by atoms with Crippen LogP contribution < -0.4 is 10.0 Å². The summed E-state index contributed by atoms with van der Waals surface area (Å²) in [6.45, 7) is 2.03. The summed E-state index contributed by atoms with van der Waals surface area (Å²) in [5, 5.41) is 12.2. The molecular formula is C20H19N2O3-. The monoisotopic (exact) mass is 335 g/mol. The minimum Gasteiger partial charge on any atom is -0.543 e. The number of carboxylic acids is 1. The molecule has 25 heavy (non-hydrogen) atoms. The molecule has 5 heteroatoms. The molecule has 0 spiro atoms. The summed E-state index contributed by atoms with van der Waals surface area (Å²) in [6, 6.07) is 14.9. The predicted molar refractivity (Wildman–Crippen MR) is 95.6 cm³/mol. The van der Waals surface area contributed by atoms with Gasteiger partial charge < -0.3 is 19.8 Å². The number of benzene rings is 2. The van der Waals surface area contributed by atoms with Crippen LogP contribution in [-0.2, 0) is 17.6 Å². The maximum atomic E-state index is 12.8. The van der Waals surface area contributed by atoms with Crippen LogP contribution in [-0.4, -0.2) is 23.9 Å².